The third-order valence-electron chi connectivity index (χ3n) is 3.53. The van der Waals surface area contributed by atoms with Crippen molar-refractivity contribution in [3.8, 4) is 11.5 Å². The van der Waals surface area contributed by atoms with Gasteiger partial charge in [0.2, 0.25) is 12.7 Å². The van der Waals surface area contributed by atoms with Gasteiger partial charge in [-0.3, -0.25) is 0 Å². The molecule has 0 bridgehead atoms. The van der Waals surface area contributed by atoms with Crippen molar-refractivity contribution in [2.45, 2.75) is 13.5 Å². The molecular weight excluding hydrogens is 266 g/mol. The van der Waals surface area contributed by atoms with Crippen LogP contribution >= 0.6 is 0 Å². The van der Waals surface area contributed by atoms with Gasteiger partial charge in [-0.1, -0.05) is 12.1 Å². The second kappa shape index (κ2) is 4.70. The summed E-state index contributed by atoms with van der Waals surface area (Å²) in [6.45, 7) is 3.05. The second-order valence-corrected chi connectivity index (χ2v) is 5.15. The smallest absolute Gasteiger partial charge is 0.231 e. The van der Waals surface area contributed by atoms with E-state index in [1.54, 1.807) is 0 Å². The van der Waals surface area contributed by atoms with Crippen LogP contribution in [-0.4, -0.2) is 16.8 Å². The number of ether oxygens (including phenoxy) is 2. The molecule has 5 heteroatoms. The summed E-state index contributed by atoms with van der Waals surface area (Å²) in [6.07, 6.45) is 0. The maximum atomic E-state index is 5.38. The average molecular weight is 281 g/mol. The standard InChI is InChI=1S/C16H15N3O2/c1-10-2-4-12-13(6-10)19-16(18-12)17-8-11-3-5-14-15(7-11)21-9-20-14/h2-7H,8-9H2,1H3,(H2,17,18,19). The Balaban J connectivity index is 1.52. The van der Waals surface area contributed by atoms with Gasteiger partial charge in [-0.2, -0.15) is 0 Å². The van der Waals surface area contributed by atoms with Crippen molar-refractivity contribution in [3.05, 3.63) is 47.5 Å². The second-order valence-electron chi connectivity index (χ2n) is 5.15. The molecule has 0 unspecified atom stereocenters. The largest absolute Gasteiger partial charge is 0.454 e. The summed E-state index contributed by atoms with van der Waals surface area (Å²) in [7, 11) is 0. The quantitative estimate of drug-likeness (QED) is 0.774. The molecule has 2 aromatic carbocycles. The summed E-state index contributed by atoms with van der Waals surface area (Å²) >= 11 is 0. The first-order valence-corrected chi connectivity index (χ1v) is 6.87. The Kier molecular flexibility index (Phi) is 2.70. The van der Waals surface area contributed by atoms with Crippen LogP contribution in [0.2, 0.25) is 0 Å². The Morgan fingerprint density at radius 1 is 1.14 bits per heavy atom. The van der Waals surface area contributed by atoms with E-state index in [4.69, 9.17) is 9.47 Å². The van der Waals surface area contributed by atoms with Gasteiger partial charge in [0, 0.05) is 6.54 Å². The predicted octanol–water partition coefficient (Wildman–Crippen LogP) is 3.21. The molecule has 106 valence electrons. The highest BCUT2D eigenvalue weighted by atomic mass is 16.7. The minimum absolute atomic E-state index is 0.301. The van der Waals surface area contributed by atoms with E-state index >= 15 is 0 Å². The molecule has 0 aliphatic carbocycles. The lowest BCUT2D eigenvalue weighted by Crippen LogP contribution is -2.00. The number of aromatic nitrogens is 2. The van der Waals surface area contributed by atoms with E-state index in [0.29, 0.717) is 13.3 Å². The zero-order valence-electron chi connectivity index (χ0n) is 11.6. The van der Waals surface area contributed by atoms with Gasteiger partial charge in [-0.25, -0.2) is 4.98 Å². The molecule has 0 spiro atoms. The van der Waals surface area contributed by atoms with Crippen molar-refractivity contribution in [2.75, 3.05) is 12.1 Å². The molecular formula is C16H15N3O2. The van der Waals surface area contributed by atoms with Crippen LogP contribution in [0.1, 0.15) is 11.1 Å². The fraction of sp³-hybridized carbons (Fsp3) is 0.188. The molecule has 0 radical (unpaired) electrons. The fourth-order valence-electron chi connectivity index (χ4n) is 2.44. The molecule has 21 heavy (non-hydrogen) atoms. The minimum atomic E-state index is 0.301. The zero-order valence-corrected chi connectivity index (χ0v) is 11.6. The zero-order chi connectivity index (χ0) is 14.2. The van der Waals surface area contributed by atoms with Gasteiger partial charge in [0.05, 0.1) is 11.0 Å². The van der Waals surface area contributed by atoms with Gasteiger partial charge in [-0.05, 0) is 42.3 Å². The van der Waals surface area contributed by atoms with Gasteiger partial charge in [0.15, 0.2) is 11.5 Å². The number of hydrogen-bond acceptors (Lipinski definition) is 4. The molecule has 1 aromatic heterocycles. The Labute approximate surface area is 121 Å². The van der Waals surface area contributed by atoms with Crippen molar-refractivity contribution in [1.82, 2.24) is 9.97 Å². The number of benzene rings is 2. The normalized spacial score (nSPS) is 12.8. The number of hydrogen-bond donors (Lipinski definition) is 2. The number of anilines is 1. The van der Waals surface area contributed by atoms with Crippen molar-refractivity contribution < 1.29 is 9.47 Å². The van der Waals surface area contributed by atoms with Crippen LogP contribution in [0.3, 0.4) is 0 Å². The van der Waals surface area contributed by atoms with Crippen LogP contribution in [0.15, 0.2) is 36.4 Å². The predicted molar refractivity (Wildman–Crippen MR) is 80.7 cm³/mol. The summed E-state index contributed by atoms with van der Waals surface area (Å²) in [5.41, 5.74) is 4.35. The highest BCUT2D eigenvalue weighted by Crippen LogP contribution is 2.32. The molecule has 5 nitrogen and oxygen atoms in total. The number of aryl methyl sites for hydroxylation is 1. The van der Waals surface area contributed by atoms with Crippen LogP contribution < -0.4 is 14.8 Å². The maximum absolute atomic E-state index is 5.38. The van der Waals surface area contributed by atoms with Crippen molar-refractivity contribution in [2.24, 2.45) is 0 Å². The van der Waals surface area contributed by atoms with Crippen molar-refractivity contribution in [1.29, 1.82) is 0 Å². The molecule has 1 aliphatic heterocycles. The van der Waals surface area contributed by atoms with Gasteiger partial charge in [-0.15, -0.1) is 0 Å². The highest BCUT2D eigenvalue weighted by molar-refractivity contribution is 5.78. The summed E-state index contributed by atoms with van der Waals surface area (Å²) in [5.74, 6) is 2.38. The van der Waals surface area contributed by atoms with E-state index in [9.17, 15) is 0 Å². The molecule has 4 rings (SSSR count). The first kappa shape index (κ1) is 12.1. The average Bonchev–Trinajstić information content (AvgIpc) is 3.09. The molecule has 0 amide bonds. The lowest BCUT2D eigenvalue weighted by atomic mass is 10.2. The molecule has 3 aromatic rings. The highest BCUT2D eigenvalue weighted by Gasteiger charge is 2.13. The summed E-state index contributed by atoms with van der Waals surface area (Å²) in [4.78, 5) is 7.80. The molecule has 1 aliphatic rings. The number of nitrogens with zero attached hydrogens (tertiary/aromatic N) is 1. The number of imidazole rings is 1. The van der Waals surface area contributed by atoms with Crippen LogP contribution in [0, 0.1) is 6.92 Å². The van der Waals surface area contributed by atoms with E-state index in [0.717, 1.165) is 34.0 Å². The number of aromatic amines is 1. The first-order chi connectivity index (χ1) is 10.3. The third-order valence-corrected chi connectivity index (χ3v) is 3.53. The Hall–Kier alpha value is -2.69. The fourth-order valence-corrected chi connectivity index (χ4v) is 2.44. The molecule has 0 fully saturated rings. The Morgan fingerprint density at radius 2 is 2.05 bits per heavy atom. The maximum Gasteiger partial charge on any atom is 0.231 e. The van der Waals surface area contributed by atoms with E-state index in [2.05, 4.69) is 34.3 Å². The Bertz CT molecular complexity index is 810. The van der Waals surface area contributed by atoms with Crippen molar-refractivity contribution in [3.63, 3.8) is 0 Å². The van der Waals surface area contributed by atoms with Gasteiger partial charge in [0.1, 0.15) is 0 Å². The van der Waals surface area contributed by atoms with Gasteiger partial charge >= 0.3 is 0 Å². The summed E-state index contributed by atoms with van der Waals surface area (Å²) in [6, 6.07) is 12.1. The van der Waals surface area contributed by atoms with E-state index in [1.165, 1.54) is 5.56 Å². The van der Waals surface area contributed by atoms with Crippen molar-refractivity contribution >= 4 is 17.0 Å². The van der Waals surface area contributed by atoms with Gasteiger partial charge < -0.3 is 19.8 Å². The Morgan fingerprint density at radius 3 is 3.00 bits per heavy atom. The number of nitrogens with one attached hydrogen (secondary N) is 2. The third kappa shape index (κ3) is 2.27. The van der Waals surface area contributed by atoms with Crippen LogP contribution in [0.25, 0.3) is 11.0 Å². The monoisotopic (exact) mass is 281 g/mol. The summed E-state index contributed by atoms with van der Waals surface area (Å²) < 4.78 is 10.7. The molecule has 0 saturated carbocycles. The minimum Gasteiger partial charge on any atom is -0.454 e. The molecule has 0 saturated heterocycles. The van der Waals surface area contributed by atoms with Crippen LogP contribution in [0.4, 0.5) is 5.95 Å². The molecule has 2 N–H and O–H groups in total. The van der Waals surface area contributed by atoms with E-state index in [1.807, 2.05) is 24.3 Å². The molecule has 0 atom stereocenters. The first-order valence-electron chi connectivity index (χ1n) is 6.87. The van der Waals surface area contributed by atoms with Crippen LogP contribution in [0.5, 0.6) is 11.5 Å². The lowest BCUT2D eigenvalue weighted by molar-refractivity contribution is 0.174. The number of H-pyrrole nitrogens is 1. The molecule has 2 heterocycles. The number of fused-ring (bicyclic) bond motifs is 2. The topological polar surface area (TPSA) is 59.2 Å². The number of rotatable bonds is 3. The van der Waals surface area contributed by atoms with E-state index < -0.39 is 0 Å². The van der Waals surface area contributed by atoms with Crippen LogP contribution in [-0.2, 0) is 6.54 Å². The van der Waals surface area contributed by atoms with E-state index in [-0.39, 0.29) is 0 Å². The lowest BCUT2D eigenvalue weighted by Gasteiger charge is -2.04. The van der Waals surface area contributed by atoms with Gasteiger partial charge in [0.25, 0.3) is 0 Å². The SMILES string of the molecule is Cc1ccc2nc(NCc3ccc4c(c3)OCO4)[nH]c2c1. The summed E-state index contributed by atoms with van der Waals surface area (Å²) in [5, 5.41) is 3.30.